The lowest BCUT2D eigenvalue weighted by molar-refractivity contribution is -0.127. The molecule has 2 aromatic carbocycles. The molecule has 0 aliphatic carbocycles. The molecule has 1 N–H and O–H groups in total. The molecule has 30 heavy (non-hydrogen) atoms. The van der Waals surface area contributed by atoms with Crippen LogP contribution in [0.4, 0.5) is 5.69 Å². The summed E-state index contributed by atoms with van der Waals surface area (Å²) >= 11 is 0. The Balaban J connectivity index is 1.55. The first-order chi connectivity index (χ1) is 14.4. The van der Waals surface area contributed by atoms with Crippen LogP contribution < -0.4 is 19.1 Å². The van der Waals surface area contributed by atoms with Gasteiger partial charge in [0.25, 0.3) is 5.91 Å². The predicted octanol–water partition coefficient (Wildman–Crippen LogP) is 2.75. The van der Waals surface area contributed by atoms with Crippen LogP contribution in [0, 0.1) is 0 Å². The maximum Gasteiger partial charge on any atom is 0.263 e. The molecule has 0 spiro atoms. The van der Waals surface area contributed by atoms with Gasteiger partial charge in [-0.15, -0.1) is 0 Å². The maximum absolute atomic E-state index is 12.6. The molecule has 7 nitrogen and oxygen atoms in total. The van der Waals surface area contributed by atoms with E-state index in [1.807, 2.05) is 31.2 Å². The molecule has 1 atom stereocenters. The highest BCUT2D eigenvalue weighted by Gasteiger charge is 2.35. The molecule has 1 aliphatic heterocycles. The highest BCUT2D eigenvalue weighted by atomic mass is 32.2. The zero-order valence-electron chi connectivity index (χ0n) is 17.3. The molecule has 1 unspecified atom stereocenters. The Morgan fingerprint density at radius 3 is 2.60 bits per heavy atom. The molecule has 2 aromatic rings. The van der Waals surface area contributed by atoms with Crippen LogP contribution in [0.2, 0.25) is 0 Å². The van der Waals surface area contributed by atoms with E-state index in [1.165, 1.54) is 4.31 Å². The minimum absolute atomic E-state index is 0.0299. The Hall–Kier alpha value is -2.74. The van der Waals surface area contributed by atoms with Gasteiger partial charge in [-0.3, -0.25) is 9.10 Å². The van der Waals surface area contributed by atoms with Crippen molar-refractivity contribution in [1.82, 2.24) is 5.32 Å². The van der Waals surface area contributed by atoms with Gasteiger partial charge in [0, 0.05) is 6.54 Å². The van der Waals surface area contributed by atoms with E-state index in [9.17, 15) is 13.2 Å². The molecule has 0 radical (unpaired) electrons. The fourth-order valence-corrected chi connectivity index (χ4v) is 4.42. The maximum atomic E-state index is 12.6. The molecular weight excluding hydrogens is 404 g/mol. The molecule has 1 amide bonds. The second kappa shape index (κ2) is 9.84. The van der Waals surface area contributed by atoms with Crippen LogP contribution in [0.15, 0.2) is 48.5 Å². The average molecular weight is 433 g/mol. The Morgan fingerprint density at radius 2 is 1.90 bits per heavy atom. The van der Waals surface area contributed by atoms with Crippen molar-refractivity contribution in [3.05, 3.63) is 54.1 Å². The number of nitrogens with zero attached hydrogens (tertiary/aromatic N) is 1. The van der Waals surface area contributed by atoms with Crippen molar-refractivity contribution < 1.29 is 22.7 Å². The van der Waals surface area contributed by atoms with Crippen LogP contribution >= 0.6 is 0 Å². The number of aryl methyl sites for hydroxylation is 1. The molecule has 1 heterocycles. The summed E-state index contributed by atoms with van der Waals surface area (Å²) < 4.78 is 37.5. The quantitative estimate of drug-likeness (QED) is 0.616. The van der Waals surface area contributed by atoms with Crippen LogP contribution in [0.5, 0.6) is 11.5 Å². The number of hydrogen-bond acceptors (Lipinski definition) is 5. The highest BCUT2D eigenvalue weighted by Crippen LogP contribution is 2.35. The van der Waals surface area contributed by atoms with Crippen molar-refractivity contribution in [3.8, 4) is 11.5 Å². The van der Waals surface area contributed by atoms with Gasteiger partial charge in [0.1, 0.15) is 11.5 Å². The predicted molar refractivity (Wildman–Crippen MR) is 117 cm³/mol. The first-order valence-electron chi connectivity index (χ1n) is 10.2. The summed E-state index contributed by atoms with van der Waals surface area (Å²) in [4.78, 5) is 12.6. The topological polar surface area (TPSA) is 84.9 Å². The number of benzene rings is 2. The van der Waals surface area contributed by atoms with E-state index in [1.54, 1.807) is 31.2 Å². The summed E-state index contributed by atoms with van der Waals surface area (Å²) in [6.07, 6.45) is 0.698. The molecule has 8 heteroatoms. The van der Waals surface area contributed by atoms with Crippen LogP contribution in [-0.2, 0) is 21.2 Å². The molecule has 0 saturated carbocycles. The molecule has 0 aromatic heterocycles. The number of carbonyl (C=O) groups excluding carboxylic acids is 1. The van der Waals surface area contributed by atoms with Crippen LogP contribution in [0.3, 0.4) is 0 Å². The fourth-order valence-electron chi connectivity index (χ4n) is 3.29. The minimum atomic E-state index is -3.51. The third-order valence-corrected chi connectivity index (χ3v) is 6.65. The van der Waals surface area contributed by atoms with Crippen LogP contribution in [0.1, 0.15) is 25.8 Å². The van der Waals surface area contributed by atoms with Gasteiger partial charge in [-0.25, -0.2) is 8.42 Å². The number of anilines is 1. The van der Waals surface area contributed by atoms with Crippen molar-refractivity contribution in [1.29, 1.82) is 0 Å². The van der Waals surface area contributed by atoms with E-state index in [-0.39, 0.29) is 18.2 Å². The number of amides is 1. The molecule has 3 rings (SSSR count). The first-order valence-corrected chi connectivity index (χ1v) is 11.8. The van der Waals surface area contributed by atoms with Gasteiger partial charge >= 0.3 is 0 Å². The van der Waals surface area contributed by atoms with E-state index in [4.69, 9.17) is 9.47 Å². The second-order valence-corrected chi connectivity index (χ2v) is 9.16. The van der Waals surface area contributed by atoms with Crippen molar-refractivity contribution in [2.75, 3.05) is 29.8 Å². The van der Waals surface area contributed by atoms with Crippen molar-refractivity contribution in [3.63, 3.8) is 0 Å². The Kier molecular flexibility index (Phi) is 7.20. The van der Waals surface area contributed by atoms with Gasteiger partial charge in [-0.05, 0) is 56.5 Å². The lowest BCUT2D eigenvalue weighted by Gasteiger charge is -2.34. The van der Waals surface area contributed by atoms with Crippen LogP contribution in [-0.4, -0.2) is 45.9 Å². The van der Waals surface area contributed by atoms with Gasteiger partial charge in [-0.2, -0.15) is 0 Å². The number of hydrogen-bond donors (Lipinski definition) is 1. The molecule has 1 aliphatic rings. The van der Waals surface area contributed by atoms with Crippen molar-refractivity contribution in [2.45, 2.75) is 32.8 Å². The number of nitrogens with one attached hydrogen (secondary N) is 1. The van der Waals surface area contributed by atoms with E-state index in [0.717, 1.165) is 24.2 Å². The number of fused-ring (bicyclic) bond motifs is 1. The summed E-state index contributed by atoms with van der Waals surface area (Å²) in [7, 11) is -3.51. The van der Waals surface area contributed by atoms with Crippen molar-refractivity contribution >= 4 is 21.6 Å². The Labute approximate surface area is 178 Å². The summed E-state index contributed by atoms with van der Waals surface area (Å²) in [5, 5.41) is 2.87. The molecule has 0 bridgehead atoms. The van der Waals surface area contributed by atoms with Gasteiger partial charge in [0.15, 0.2) is 6.10 Å². The fraction of sp³-hybridized carbons (Fsp3) is 0.409. The highest BCUT2D eigenvalue weighted by molar-refractivity contribution is 7.92. The van der Waals surface area contributed by atoms with Crippen LogP contribution in [0.25, 0.3) is 0 Å². The summed E-state index contributed by atoms with van der Waals surface area (Å²) in [6, 6.07) is 14.8. The minimum Gasteiger partial charge on any atom is -0.494 e. The SMILES string of the molecule is CCOc1ccc(CCCNC(=O)C2CN(S(=O)(=O)CC)c3ccccc3O2)cc1. The Bertz CT molecular complexity index is 960. The Morgan fingerprint density at radius 1 is 1.17 bits per heavy atom. The molecular formula is C22H28N2O5S. The standard InChI is InChI=1S/C22H28N2O5S/c1-3-28-18-13-11-17(12-14-18)8-7-15-23-22(25)21-16-24(30(26,27)4-2)19-9-5-6-10-20(19)29-21/h5-6,9-14,21H,3-4,7-8,15-16H2,1-2H3,(H,23,25). The molecule has 162 valence electrons. The monoisotopic (exact) mass is 432 g/mol. The van der Waals surface area contributed by atoms with Crippen molar-refractivity contribution in [2.24, 2.45) is 0 Å². The number of carbonyl (C=O) groups is 1. The molecule has 0 saturated heterocycles. The number of para-hydroxylation sites is 2. The second-order valence-electron chi connectivity index (χ2n) is 6.98. The smallest absolute Gasteiger partial charge is 0.263 e. The number of ether oxygens (including phenoxy) is 2. The first kappa shape index (κ1) is 22.0. The molecule has 0 fully saturated rings. The zero-order valence-corrected chi connectivity index (χ0v) is 18.2. The third-order valence-electron chi connectivity index (χ3n) is 4.90. The number of rotatable bonds is 9. The normalized spacial score (nSPS) is 15.8. The van der Waals surface area contributed by atoms with E-state index < -0.39 is 16.1 Å². The van der Waals surface area contributed by atoms with Gasteiger partial charge in [-0.1, -0.05) is 24.3 Å². The van der Waals surface area contributed by atoms with Gasteiger partial charge < -0.3 is 14.8 Å². The summed E-state index contributed by atoms with van der Waals surface area (Å²) in [5.74, 6) is 0.885. The lowest BCUT2D eigenvalue weighted by atomic mass is 10.1. The van der Waals surface area contributed by atoms with E-state index in [0.29, 0.717) is 24.6 Å². The van der Waals surface area contributed by atoms with E-state index >= 15 is 0 Å². The summed E-state index contributed by atoms with van der Waals surface area (Å²) in [5.41, 5.74) is 1.63. The van der Waals surface area contributed by atoms with E-state index in [2.05, 4.69) is 5.32 Å². The average Bonchev–Trinajstić information content (AvgIpc) is 2.77. The van der Waals surface area contributed by atoms with Gasteiger partial charge in [0.2, 0.25) is 10.0 Å². The number of sulfonamides is 1. The lowest BCUT2D eigenvalue weighted by Crippen LogP contribution is -2.51. The third kappa shape index (κ3) is 5.24. The zero-order chi connectivity index (χ0) is 21.6. The summed E-state index contributed by atoms with van der Waals surface area (Å²) in [6.45, 7) is 4.62. The largest absolute Gasteiger partial charge is 0.494 e. The van der Waals surface area contributed by atoms with Gasteiger partial charge in [0.05, 0.1) is 24.6 Å².